The molecule has 9 heteroatoms. The molecule has 1 aliphatic heterocycles. The molecule has 0 bridgehead atoms. The average Bonchev–Trinajstić information content (AvgIpc) is 3.27. The van der Waals surface area contributed by atoms with Crippen LogP contribution < -0.4 is 5.32 Å². The lowest BCUT2D eigenvalue weighted by atomic mass is 9.75. The molecule has 0 aliphatic carbocycles. The van der Waals surface area contributed by atoms with E-state index >= 15 is 0 Å². The van der Waals surface area contributed by atoms with Gasteiger partial charge in [0, 0.05) is 30.2 Å². The minimum absolute atomic E-state index is 0.119. The van der Waals surface area contributed by atoms with Crippen LogP contribution in [-0.4, -0.2) is 46.1 Å². The van der Waals surface area contributed by atoms with Crippen molar-refractivity contribution in [3.05, 3.63) is 48.3 Å². The molecule has 5 rings (SSSR count). The van der Waals surface area contributed by atoms with Crippen LogP contribution in [0.5, 0.6) is 0 Å². The second kappa shape index (κ2) is 7.66. The van der Waals surface area contributed by atoms with E-state index in [0.717, 1.165) is 33.8 Å². The molecule has 9 nitrogen and oxygen atoms in total. The third-order valence-electron chi connectivity index (χ3n) is 6.31. The maximum atomic E-state index is 12.9. The van der Waals surface area contributed by atoms with Gasteiger partial charge in [-0.3, -0.25) is 4.79 Å². The quantitative estimate of drug-likeness (QED) is 0.469. The maximum absolute atomic E-state index is 12.9. The lowest BCUT2D eigenvalue weighted by molar-refractivity contribution is -0.122. The largest absolute Gasteiger partial charge is 0.390 e. The van der Waals surface area contributed by atoms with Gasteiger partial charge in [-0.25, -0.2) is 24.9 Å². The molecule has 1 aliphatic rings. The normalized spacial score (nSPS) is 17.8. The number of nitrogens with one attached hydrogen (secondary N) is 1. The molecule has 4 aromatic rings. The molecule has 0 saturated heterocycles. The molecule has 34 heavy (non-hydrogen) atoms. The van der Waals surface area contributed by atoms with Crippen molar-refractivity contribution in [2.24, 2.45) is 0 Å². The summed E-state index contributed by atoms with van der Waals surface area (Å²) >= 11 is 0. The van der Waals surface area contributed by atoms with Crippen LogP contribution in [0.1, 0.15) is 45.5 Å². The number of nitrogens with zero attached hydrogens (tertiary/aromatic N) is 6. The summed E-state index contributed by atoms with van der Waals surface area (Å²) in [6, 6.07) is 5.79. The van der Waals surface area contributed by atoms with E-state index in [2.05, 4.69) is 25.3 Å². The van der Waals surface area contributed by atoms with Crippen LogP contribution in [0.4, 0.5) is 5.69 Å². The Hall–Kier alpha value is -3.72. The fourth-order valence-corrected chi connectivity index (χ4v) is 4.86. The minimum atomic E-state index is -1.00. The number of hydrogen-bond donors (Lipinski definition) is 2. The average molecular weight is 458 g/mol. The third kappa shape index (κ3) is 3.52. The van der Waals surface area contributed by atoms with Gasteiger partial charge in [-0.2, -0.15) is 0 Å². The lowest BCUT2D eigenvalue weighted by Gasteiger charge is -2.29. The van der Waals surface area contributed by atoms with Crippen LogP contribution in [0.15, 0.2) is 36.9 Å². The van der Waals surface area contributed by atoms with Crippen molar-refractivity contribution in [3.8, 4) is 22.6 Å². The first-order valence-electron chi connectivity index (χ1n) is 11.3. The molecule has 0 fully saturated rings. The Morgan fingerprint density at radius 2 is 1.85 bits per heavy atom. The summed E-state index contributed by atoms with van der Waals surface area (Å²) in [4.78, 5) is 35.5. The smallest absolute Gasteiger partial charge is 0.234 e. The number of aliphatic hydroxyl groups is 1. The first kappa shape index (κ1) is 22.1. The molecule has 2 N–H and O–H groups in total. The standard InChI is InChI=1S/C25H27N7O2/c1-6-32-21(16-10-26-14(2)27-11-16)31-20-19(28-13-29-22(20)32)15-7-8-18-17(9-15)25(5,23(33)30-18)12-24(3,4)34/h7-11,13,34H,6,12H2,1-5H3,(H,30,33). The first-order valence-corrected chi connectivity index (χ1v) is 11.3. The predicted molar refractivity (Wildman–Crippen MR) is 129 cm³/mol. The minimum Gasteiger partial charge on any atom is -0.390 e. The van der Waals surface area contributed by atoms with Crippen molar-refractivity contribution < 1.29 is 9.90 Å². The summed E-state index contributed by atoms with van der Waals surface area (Å²) in [5.74, 6) is 1.30. The number of amides is 1. The molecule has 3 aromatic heterocycles. The van der Waals surface area contributed by atoms with Gasteiger partial charge < -0.3 is 15.0 Å². The summed E-state index contributed by atoms with van der Waals surface area (Å²) in [6.45, 7) is 9.85. The van der Waals surface area contributed by atoms with Gasteiger partial charge in [0.1, 0.15) is 29.2 Å². The van der Waals surface area contributed by atoms with Crippen LogP contribution in [0.2, 0.25) is 0 Å². The molecule has 1 unspecified atom stereocenters. The number of carbonyl (C=O) groups excluding carboxylic acids is 1. The highest BCUT2D eigenvalue weighted by molar-refractivity contribution is 6.06. The molecule has 1 amide bonds. The van der Waals surface area contributed by atoms with E-state index in [-0.39, 0.29) is 5.91 Å². The van der Waals surface area contributed by atoms with Crippen molar-refractivity contribution in [3.63, 3.8) is 0 Å². The molecule has 0 radical (unpaired) electrons. The van der Waals surface area contributed by atoms with Crippen LogP contribution in [0, 0.1) is 6.92 Å². The lowest BCUT2D eigenvalue weighted by Crippen LogP contribution is -2.38. The van der Waals surface area contributed by atoms with Crippen molar-refractivity contribution in [1.82, 2.24) is 29.5 Å². The van der Waals surface area contributed by atoms with Gasteiger partial charge >= 0.3 is 0 Å². The zero-order valence-electron chi connectivity index (χ0n) is 19.9. The van der Waals surface area contributed by atoms with Gasteiger partial charge in [0.15, 0.2) is 5.65 Å². The Labute approximate surface area is 197 Å². The zero-order valence-corrected chi connectivity index (χ0v) is 19.9. The van der Waals surface area contributed by atoms with Crippen molar-refractivity contribution >= 4 is 22.8 Å². The SMILES string of the molecule is CCn1c(-c2cnc(C)nc2)nc2c(-c3ccc4c(c3)C(C)(CC(C)(C)O)C(=O)N4)ncnc21. The second-order valence-electron chi connectivity index (χ2n) is 9.63. The highest BCUT2D eigenvalue weighted by atomic mass is 16.3. The maximum Gasteiger partial charge on any atom is 0.234 e. The van der Waals surface area contributed by atoms with E-state index in [1.54, 1.807) is 26.2 Å². The number of anilines is 1. The van der Waals surface area contributed by atoms with Crippen LogP contribution >= 0.6 is 0 Å². The van der Waals surface area contributed by atoms with Gasteiger partial charge in [-0.05, 0) is 58.7 Å². The fraction of sp³-hybridized carbons (Fsp3) is 0.360. The number of rotatable bonds is 5. The second-order valence-corrected chi connectivity index (χ2v) is 9.63. The summed E-state index contributed by atoms with van der Waals surface area (Å²) in [5.41, 5.74) is 3.43. The Balaban J connectivity index is 1.67. The molecule has 1 atom stereocenters. The number of benzene rings is 1. The third-order valence-corrected chi connectivity index (χ3v) is 6.31. The predicted octanol–water partition coefficient (Wildman–Crippen LogP) is 3.65. The number of carbonyl (C=O) groups is 1. The number of imidazole rings is 1. The van der Waals surface area contributed by atoms with E-state index in [1.165, 1.54) is 6.33 Å². The highest BCUT2D eigenvalue weighted by Crippen LogP contribution is 2.44. The van der Waals surface area contributed by atoms with Crippen LogP contribution in [0.3, 0.4) is 0 Å². The van der Waals surface area contributed by atoms with Crippen LogP contribution in [0.25, 0.3) is 33.8 Å². The van der Waals surface area contributed by atoms with E-state index in [0.29, 0.717) is 30.0 Å². The Morgan fingerprint density at radius 1 is 1.12 bits per heavy atom. The first-order chi connectivity index (χ1) is 16.1. The summed E-state index contributed by atoms with van der Waals surface area (Å²) < 4.78 is 2.02. The van der Waals surface area contributed by atoms with Crippen molar-refractivity contribution in [1.29, 1.82) is 0 Å². The Morgan fingerprint density at radius 3 is 2.53 bits per heavy atom. The summed E-state index contributed by atoms with van der Waals surface area (Å²) in [6.07, 6.45) is 5.35. The van der Waals surface area contributed by atoms with E-state index in [4.69, 9.17) is 4.98 Å². The number of aromatic nitrogens is 6. The molecule has 1 aromatic carbocycles. The molecule has 0 spiro atoms. The van der Waals surface area contributed by atoms with Crippen molar-refractivity contribution in [2.75, 3.05) is 5.32 Å². The fourth-order valence-electron chi connectivity index (χ4n) is 4.86. The molecule has 0 saturated carbocycles. The molecule has 174 valence electrons. The summed E-state index contributed by atoms with van der Waals surface area (Å²) in [7, 11) is 0. The van der Waals surface area contributed by atoms with Gasteiger partial charge in [-0.15, -0.1) is 0 Å². The monoisotopic (exact) mass is 457 g/mol. The molecular formula is C25H27N7O2. The van der Waals surface area contributed by atoms with Crippen molar-refractivity contribution in [2.45, 2.75) is 58.6 Å². The van der Waals surface area contributed by atoms with Gasteiger partial charge in [0.05, 0.1) is 16.6 Å². The van der Waals surface area contributed by atoms with E-state index in [1.807, 2.05) is 43.5 Å². The number of aryl methyl sites for hydroxylation is 2. The van der Waals surface area contributed by atoms with Gasteiger partial charge in [0.2, 0.25) is 5.91 Å². The topological polar surface area (TPSA) is 119 Å². The molecular weight excluding hydrogens is 430 g/mol. The number of fused-ring (bicyclic) bond motifs is 2. The highest BCUT2D eigenvalue weighted by Gasteiger charge is 2.45. The summed E-state index contributed by atoms with van der Waals surface area (Å²) in [5, 5.41) is 13.4. The zero-order chi connectivity index (χ0) is 24.3. The van der Waals surface area contributed by atoms with E-state index in [9.17, 15) is 9.90 Å². The molecule has 4 heterocycles. The number of hydrogen-bond acceptors (Lipinski definition) is 7. The Bertz CT molecular complexity index is 1420. The Kier molecular flexibility index (Phi) is 4.98. The van der Waals surface area contributed by atoms with Crippen LogP contribution in [-0.2, 0) is 16.8 Å². The van der Waals surface area contributed by atoms with Gasteiger partial charge in [-0.1, -0.05) is 6.07 Å². The van der Waals surface area contributed by atoms with Gasteiger partial charge in [0.25, 0.3) is 0 Å². The van der Waals surface area contributed by atoms with E-state index < -0.39 is 11.0 Å².